The Bertz CT molecular complexity index is 533. The van der Waals surface area contributed by atoms with Crippen molar-refractivity contribution >= 4 is 21.6 Å². The summed E-state index contributed by atoms with van der Waals surface area (Å²) in [6.45, 7) is 0. The molecule has 0 aliphatic carbocycles. The summed E-state index contributed by atoms with van der Waals surface area (Å²) in [6.07, 6.45) is -0.143. The van der Waals surface area contributed by atoms with Gasteiger partial charge in [-0.15, -0.1) is 0 Å². The lowest BCUT2D eigenvalue weighted by molar-refractivity contribution is -0.140. The van der Waals surface area contributed by atoms with Gasteiger partial charge in [-0.1, -0.05) is 30.3 Å². The van der Waals surface area contributed by atoms with E-state index in [9.17, 15) is 18.0 Å². The van der Waals surface area contributed by atoms with Crippen molar-refractivity contribution in [3.05, 3.63) is 35.9 Å². The molecule has 0 bridgehead atoms. The second-order valence-corrected chi connectivity index (χ2v) is 6.30. The van der Waals surface area contributed by atoms with Crippen molar-refractivity contribution in [2.75, 3.05) is 18.6 Å². The third kappa shape index (κ3) is 6.15. The van der Waals surface area contributed by atoms with Crippen molar-refractivity contribution in [1.29, 1.82) is 0 Å². The van der Waals surface area contributed by atoms with Crippen LogP contribution in [-0.2, 0) is 30.6 Å². The minimum absolute atomic E-state index is 0.0816. The lowest BCUT2D eigenvalue weighted by Crippen LogP contribution is -2.22. The normalized spacial score (nSPS) is 11.0. The van der Waals surface area contributed by atoms with Gasteiger partial charge >= 0.3 is 5.97 Å². The number of benzene rings is 1. The minimum Gasteiger partial charge on any atom is -0.469 e. The van der Waals surface area contributed by atoms with Crippen LogP contribution >= 0.6 is 0 Å². The van der Waals surface area contributed by atoms with Crippen molar-refractivity contribution in [3.63, 3.8) is 0 Å². The molecule has 0 saturated heterocycles. The Labute approximate surface area is 112 Å². The number of rotatable bonds is 7. The van der Waals surface area contributed by atoms with Crippen LogP contribution in [0.4, 0.5) is 0 Å². The third-order valence-electron chi connectivity index (χ3n) is 2.47. The Balaban J connectivity index is 2.49. The van der Waals surface area contributed by atoms with Gasteiger partial charge in [0.05, 0.1) is 19.3 Å². The third-order valence-corrected chi connectivity index (χ3v) is 4.06. The molecular weight excluding hydrogens is 268 g/mol. The second-order valence-electron chi connectivity index (χ2n) is 4.12. The summed E-state index contributed by atoms with van der Waals surface area (Å²) in [7, 11) is -2.37. The van der Waals surface area contributed by atoms with Crippen LogP contribution in [0, 0.1) is 0 Å². The number of carbonyl (C=O) groups is 2. The number of carbonyl (C=O) groups excluding carboxylic acids is 2. The molecule has 0 unspecified atom stereocenters. The van der Waals surface area contributed by atoms with E-state index in [2.05, 4.69) is 4.74 Å². The summed E-state index contributed by atoms with van der Waals surface area (Å²) in [5.74, 6) is -1.88. The number of methoxy groups -OCH3 is 1. The minimum atomic E-state index is -3.56. The van der Waals surface area contributed by atoms with Crippen molar-refractivity contribution < 1.29 is 22.7 Å². The first-order chi connectivity index (χ1) is 8.93. The van der Waals surface area contributed by atoms with Crippen LogP contribution in [0.1, 0.15) is 12.0 Å². The van der Waals surface area contributed by atoms with Gasteiger partial charge in [0.25, 0.3) is 0 Å². The quantitative estimate of drug-likeness (QED) is 0.691. The lowest BCUT2D eigenvalue weighted by Gasteiger charge is -2.03. The van der Waals surface area contributed by atoms with Crippen LogP contribution in [0.5, 0.6) is 0 Å². The zero-order valence-corrected chi connectivity index (χ0v) is 11.5. The highest BCUT2D eigenvalue weighted by Crippen LogP contribution is 2.03. The van der Waals surface area contributed by atoms with Crippen molar-refractivity contribution in [3.8, 4) is 0 Å². The maximum atomic E-state index is 11.6. The van der Waals surface area contributed by atoms with Crippen LogP contribution < -0.4 is 0 Å². The number of ether oxygens (including phenoxy) is 1. The summed E-state index contributed by atoms with van der Waals surface area (Å²) in [6, 6.07) is 8.92. The van der Waals surface area contributed by atoms with E-state index < -0.39 is 21.6 Å². The van der Waals surface area contributed by atoms with Gasteiger partial charge in [-0.3, -0.25) is 9.59 Å². The molecule has 0 fully saturated rings. The molecule has 1 rings (SSSR count). The van der Waals surface area contributed by atoms with E-state index in [1.807, 2.05) is 6.07 Å². The molecule has 1 aromatic rings. The summed E-state index contributed by atoms with van der Waals surface area (Å²) >= 11 is 0. The molecule has 0 spiro atoms. The van der Waals surface area contributed by atoms with E-state index in [-0.39, 0.29) is 24.4 Å². The van der Waals surface area contributed by atoms with Crippen LogP contribution in [0.15, 0.2) is 30.3 Å². The van der Waals surface area contributed by atoms with E-state index in [4.69, 9.17) is 0 Å². The molecule has 0 N–H and O–H groups in total. The molecule has 5 nitrogen and oxygen atoms in total. The number of Topliss-reactive ketones (excluding diaryl/α,β-unsaturated/α-hetero) is 1. The van der Waals surface area contributed by atoms with Gasteiger partial charge in [0.1, 0.15) is 5.75 Å². The highest BCUT2D eigenvalue weighted by atomic mass is 32.2. The second kappa shape index (κ2) is 7.04. The molecule has 104 valence electrons. The Morgan fingerprint density at radius 3 is 2.37 bits per heavy atom. The fourth-order valence-electron chi connectivity index (χ4n) is 1.53. The van der Waals surface area contributed by atoms with Gasteiger partial charge in [-0.25, -0.2) is 8.42 Å². The van der Waals surface area contributed by atoms with E-state index >= 15 is 0 Å². The first-order valence-corrected chi connectivity index (χ1v) is 7.58. The van der Waals surface area contributed by atoms with Gasteiger partial charge in [-0.05, 0) is 5.56 Å². The zero-order valence-electron chi connectivity index (χ0n) is 10.7. The summed E-state index contributed by atoms with van der Waals surface area (Å²) in [5, 5.41) is 0. The number of sulfone groups is 1. The fraction of sp³-hybridized carbons (Fsp3) is 0.385. The molecular formula is C13H16O5S. The predicted octanol–water partition coefficient (Wildman–Crippen LogP) is 0.776. The first kappa shape index (κ1) is 15.4. The van der Waals surface area contributed by atoms with Gasteiger partial charge in [-0.2, -0.15) is 0 Å². The van der Waals surface area contributed by atoms with Gasteiger partial charge in [0.2, 0.25) is 0 Å². The van der Waals surface area contributed by atoms with E-state index in [0.29, 0.717) is 0 Å². The molecule has 0 heterocycles. The number of hydrogen-bond acceptors (Lipinski definition) is 5. The highest BCUT2D eigenvalue weighted by Gasteiger charge is 2.18. The molecule has 0 amide bonds. The maximum absolute atomic E-state index is 11.6. The average molecular weight is 284 g/mol. The molecule has 0 atom stereocenters. The monoisotopic (exact) mass is 284 g/mol. The molecule has 0 aliphatic heterocycles. The first-order valence-electron chi connectivity index (χ1n) is 5.76. The summed E-state index contributed by atoms with van der Waals surface area (Å²) in [5.41, 5.74) is 0.774. The van der Waals surface area contributed by atoms with Crippen molar-refractivity contribution in [2.45, 2.75) is 12.8 Å². The molecule has 0 radical (unpaired) electrons. The Hall–Kier alpha value is -1.69. The largest absolute Gasteiger partial charge is 0.469 e. The number of hydrogen-bond donors (Lipinski definition) is 0. The molecule has 0 saturated carbocycles. The van der Waals surface area contributed by atoms with Crippen molar-refractivity contribution in [2.24, 2.45) is 0 Å². The van der Waals surface area contributed by atoms with Gasteiger partial charge < -0.3 is 4.74 Å². The molecule has 0 aliphatic rings. The molecule has 19 heavy (non-hydrogen) atoms. The van der Waals surface area contributed by atoms with Gasteiger partial charge in [0, 0.05) is 6.42 Å². The van der Waals surface area contributed by atoms with Crippen LogP contribution in [0.25, 0.3) is 0 Å². The van der Waals surface area contributed by atoms with Crippen molar-refractivity contribution in [1.82, 2.24) is 0 Å². The zero-order chi connectivity index (χ0) is 14.3. The smallest absolute Gasteiger partial charge is 0.306 e. The topological polar surface area (TPSA) is 77.5 Å². The Morgan fingerprint density at radius 2 is 1.79 bits per heavy atom. The summed E-state index contributed by atoms with van der Waals surface area (Å²) in [4.78, 5) is 22.5. The number of ketones is 1. The SMILES string of the molecule is COC(=O)CCS(=O)(=O)CC(=O)Cc1ccccc1. The van der Waals surface area contributed by atoms with E-state index in [1.54, 1.807) is 24.3 Å². The molecule has 0 aromatic heterocycles. The maximum Gasteiger partial charge on any atom is 0.306 e. The van der Waals surface area contributed by atoms with Crippen LogP contribution in [0.2, 0.25) is 0 Å². The average Bonchev–Trinajstić information content (AvgIpc) is 2.36. The standard InChI is InChI=1S/C13H16O5S/c1-18-13(15)7-8-19(16,17)10-12(14)9-11-5-3-2-4-6-11/h2-6H,7-10H2,1H3. The molecule has 6 heteroatoms. The molecule has 1 aromatic carbocycles. The highest BCUT2D eigenvalue weighted by molar-refractivity contribution is 7.92. The summed E-state index contributed by atoms with van der Waals surface area (Å²) < 4.78 is 27.6. The van der Waals surface area contributed by atoms with E-state index in [1.165, 1.54) is 7.11 Å². The fourth-order valence-corrected chi connectivity index (χ4v) is 2.75. The Kier molecular flexibility index (Phi) is 5.69. The van der Waals surface area contributed by atoms with Crippen LogP contribution in [-0.4, -0.2) is 38.8 Å². The Morgan fingerprint density at radius 1 is 1.16 bits per heavy atom. The predicted molar refractivity (Wildman–Crippen MR) is 70.4 cm³/mol. The van der Waals surface area contributed by atoms with Gasteiger partial charge in [0.15, 0.2) is 15.6 Å². The van der Waals surface area contributed by atoms with E-state index in [0.717, 1.165) is 5.56 Å². The number of esters is 1. The lowest BCUT2D eigenvalue weighted by atomic mass is 10.1. The van der Waals surface area contributed by atoms with Crippen LogP contribution in [0.3, 0.4) is 0 Å².